The third kappa shape index (κ3) is 5.16. The molecule has 120 valence electrons. The number of ether oxygens (including phenoxy) is 1. The summed E-state index contributed by atoms with van der Waals surface area (Å²) in [5.74, 6) is 0.471. The summed E-state index contributed by atoms with van der Waals surface area (Å²) in [7, 11) is 1.60. The summed E-state index contributed by atoms with van der Waals surface area (Å²) in [5, 5.41) is 7.66. The lowest BCUT2D eigenvalue weighted by atomic mass is 10.2. The lowest BCUT2D eigenvalue weighted by Crippen LogP contribution is -2.25. The second-order valence-corrected chi connectivity index (χ2v) is 5.30. The zero-order chi connectivity index (χ0) is 16.7. The van der Waals surface area contributed by atoms with Crippen LogP contribution in [0.3, 0.4) is 0 Å². The van der Waals surface area contributed by atoms with E-state index in [-0.39, 0.29) is 12.5 Å². The first kappa shape index (κ1) is 17.1. The van der Waals surface area contributed by atoms with Gasteiger partial charge in [0.2, 0.25) is 0 Å². The highest BCUT2D eigenvalue weighted by atomic mass is 35.5. The summed E-state index contributed by atoms with van der Waals surface area (Å²) >= 11 is 11.9. The molecule has 7 heteroatoms. The van der Waals surface area contributed by atoms with Crippen molar-refractivity contribution in [1.29, 1.82) is 0 Å². The van der Waals surface area contributed by atoms with Crippen LogP contribution in [-0.4, -0.2) is 25.8 Å². The van der Waals surface area contributed by atoms with Gasteiger partial charge in [-0.25, -0.2) is 5.43 Å². The highest BCUT2D eigenvalue weighted by Gasteiger charge is 2.02. The van der Waals surface area contributed by atoms with Crippen LogP contribution in [0.1, 0.15) is 5.56 Å². The fraction of sp³-hybridized carbons (Fsp3) is 0.125. The summed E-state index contributed by atoms with van der Waals surface area (Å²) in [6.45, 7) is 0.0902. The topological polar surface area (TPSA) is 62.7 Å². The summed E-state index contributed by atoms with van der Waals surface area (Å²) < 4.78 is 5.06. The Balaban J connectivity index is 1.82. The predicted molar refractivity (Wildman–Crippen MR) is 93.7 cm³/mol. The van der Waals surface area contributed by atoms with Crippen LogP contribution >= 0.6 is 23.2 Å². The van der Waals surface area contributed by atoms with Gasteiger partial charge < -0.3 is 10.1 Å². The maximum atomic E-state index is 11.7. The van der Waals surface area contributed by atoms with E-state index in [2.05, 4.69) is 15.8 Å². The molecule has 23 heavy (non-hydrogen) atoms. The van der Waals surface area contributed by atoms with Gasteiger partial charge >= 0.3 is 0 Å². The van der Waals surface area contributed by atoms with Gasteiger partial charge in [-0.3, -0.25) is 4.79 Å². The molecule has 0 radical (unpaired) electrons. The molecule has 1 amide bonds. The molecule has 0 aliphatic carbocycles. The molecule has 2 rings (SSSR count). The number of methoxy groups -OCH3 is 1. The zero-order valence-electron chi connectivity index (χ0n) is 12.3. The van der Waals surface area contributed by atoms with Gasteiger partial charge in [-0.2, -0.15) is 5.10 Å². The van der Waals surface area contributed by atoms with E-state index in [1.165, 1.54) is 6.21 Å². The van der Waals surface area contributed by atoms with Gasteiger partial charge in [0.25, 0.3) is 5.91 Å². The van der Waals surface area contributed by atoms with Crippen LogP contribution in [0.15, 0.2) is 47.6 Å². The van der Waals surface area contributed by atoms with Crippen LogP contribution in [0.25, 0.3) is 0 Å². The number of anilines is 1. The van der Waals surface area contributed by atoms with Gasteiger partial charge in [-0.15, -0.1) is 0 Å². The molecule has 0 spiro atoms. The standard InChI is InChI=1S/C16H15Cl2N3O2/c1-23-13-7-5-12(6-8-13)19-10-15(22)21-20-9-11-3-2-4-14(17)16(11)18/h2-9,19H,10H2,1H3,(H,21,22). The lowest BCUT2D eigenvalue weighted by Gasteiger charge is -2.06. The highest BCUT2D eigenvalue weighted by Crippen LogP contribution is 2.24. The van der Waals surface area contributed by atoms with Crippen molar-refractivity contribution >= 4 is 41.0 Å². The van der Waals surface area contributed by atoms with E-state index in [9.17, 15) is 4.79 Å². The van der Waals surface area contributed by atoms with Crippen LogP contribution in [0.4, 0.5) is 5.69 Å². The maximum absolute atomic E-state index is 11.7. The number of carbonyl (C=O) groups is 1. The number of hydrogen-bond donors (Lipinski definition) is 2. The van der Waals surface area contributed by atoms with Gasteiger partial charge in [0.15, 0.2) is 0 Å². The molecule has 0 atom stereocenters. The molecule has 0 fully saturated rings. The van der Waals surface area contributed by atoms with E-state index in [1.807, 2.05) is 12.1 Å². The molecule has 0 heterocycles. The van der Waals surface area contributed by atoms with Gasteiger partial charge in [-0.05, 0) is 30.3 Å². The van der Waals surface area contributed by atoms with E-state index >= 15 is 0 Å². The Morgan fingerprint density at radius 3 is 2.65 bits per heavy atom. The van der Waals surface area contributed by atoms with Gasteiger partial charge in [0, 0.05) is 11.3 Å². The first-order valence-electron chi connectivity index (χ1n) is 6.74. The number of nitrogens with zero attached hydrogens (tertiary/aromatic N) is 1. The summed E-state index contributed by atoms with van der Waals surface area (Å²) in [6, 6.07) is 12.4. The molecular weight excluding hydrogens is 337 g/mol. The predicted octanol–water partition coefficient (Wildman–Crippen LogP) is 3.56. The van der Waals surface area contributed by atoms with Crippen molar-refractivity contribution in [3.63, 3.8) is 0 Å². The minimum Gasteiger partial charge on any atom is -0.497 e. The van der Waals surface area contributed by atoms with E-state index in [0.717, 1.165) is 11.4 Å². The largest absolute Gasteiger partial charge is 0.497 e. The second kappa shape index (κ2) is 8.41. The summed E-state index contributed by atoms with van der Waals surface area (Å²) in [5.41, 5.74) is 3.85. The van der Waals surface area contributed by atoms with Crippen LogP contribution in [0.2, 0.25) is 10.0 Å². The van der Waals surface area contributed by atoms with Crippen LogP contribution in [0.5, 0.6) is 5.75 Å². The molecule has 0 aliphatic rings. The minimum absolute atomic E-state index is 0.0902. The molecule has 0 bridgehead atoms. The molecule has 0 unspecified atom stereocenters. The summed E-state index contributed by atoms with van der Waals surface area (Å²) in [4.78, 5) is 11.7. The normalized spacial score (nSPS) is 10.6. The lowest BCUT2D eigenvalue weighted by molar-refractivity contribution is -0.119. The van der Waals surface area contributed by atoms with Crippen molar-refractivity contribution in [2.75, 3.05) is 19.0 Å². The van der Waals surface area contributed by atoms with Gasteiger partial charge in [0.05, 0.1) is 29.9 Å². The quantitative estimate of drug-likeness (QED) is 0.617. The Kier molecular flexibility index (Phi) is 6.26. The average Bonchev–Trinajstić information content (AvgIpc) is 2.57. The fourth-order valence-corrected chi connectivity index (χ4v) is 2.08. The number of amides is 1. The van der Waals surface area contributed by atoms with E-state index < -0.39 is 0 Å². The number of nitrogens with one attached hydrogen (secondary N) is 2. The van der Waals surface area contributed by atoms with Gasteiger partial charge in [0.1, 0.15) is 5.75 Å². The van der Waals surface area contributed by atoms with Crippen LogP contribution in [0, 0.1) is 0 Å². The van der Waals surface area contributed by atoms with E-state index in [4.69, 9.17) is 27.9 Å². The number of carbonyl (C=O) groups excluding carboxylic acids is 1. The number of hydrazone groups is 1. The number of halogens is 2. The first-order chi connectivity index (χ1) is 11.1. The maximum Gasteiger partial charge on any atom is 0.259 e. The van der Waals surface area contributed by atoms with Crippen molar-refractivity contribution in [3.05, 3.63) is 58.1 Å². The Morgan fingerprint density at radius 1 is 1.22 bits per heavy atom. The minimum atomic E-state index is -0.282. The smallest absolute Gasteiger partial charge is 0.259 e. The van der Waals surface area contributed by atoms with Gasteiger partial charge in [-0.1, -0.05) is 35.3 Å². The Bertz CT molecular complexity index is 703. The van der Waals surface area contributed by atoms with Crippen LogP contribution in [-0.2, 0) is 4.79 Å². The molecular formula is C16H15Cl2N3O2. The van der Waals surface area contributed by atoms with E-state index in [0.29, 0.717) is 15.6 Å². The monoisotopic (exact) mass is 351 g/mol. The molecule has 2 aromatic carbocycles. The highest BCUT2D eigenvalue weighted by molar-refractivity contribution is 6.43. The zero-order valence-corrected chi connectivity index (χ0v) is 13.9. The number of benzene rings is 2. The molecule has 0 aromatic heterocycles. The molecule has 0 saturated heterocycles. The Labute approximate surface area is 144 Å². The van der Waals surface area contributed by atoms with Crippen molar-refractivity contribution < 1.29 is 9.53 Å². The van der Waals surface area contributed by atoms with Crippen molar-refractivity contribution in [2.45, 2.75) is 0 Å². The van der Waals surface area contributed by atoms with Crippen molar-refractivity contribution in [1.82, 2.24) is 5.43 Å². The van der Waals surface area contributed by atoms with Crippen molar-refractivity contribution in [2.24, 2.45) is 5.10 Å². The number of hydrogen-bond acceptors (Lipinski definition) is 4. The third-order valence-corrected chi connectivity index (χ3v) is 3.75. The Hall–Kier alpha value is -2.24. The SMILES string of the molecule is COc1ccc(NCC(=O)NN=Cc2cccc(Cl)c2Cl)cc1. The number of rotatable bonds is 6. The first-order valence-corrected chi connectivity index (χ1v) is 7.49. The molecule has 2 N–H and O–H groups in total. The molecule has 5 nitrogen and oxygen atoms in total. The third-order valence-electron chi connectivity index (χ3n) is 2.92. The molecule has 2 aromatic rings. The van der Waals surface area contributed by atoms with Crippen molar-refractivity contribution in [3.8, 4) is 5.75 Å². The summed E-state index contributed by atoms with van der Waals surface area (Å²) in [6.07, 6.45) is 1.44. The Morgan fingerprint density at radius 2 is 1.96 bits per heavy atom. The second-order valence-electron chi connectivity index (χ2n) is 4.52. The molecule has 0 aliphatic heterocycles. The fourth-order valence-electron chi connectivity index (χ4n) is 1.72. The van der Waals surface area contributed by atoms with Crippen LogP contribution < -0.4 is 15.5 Å². The molecule has 0 saturated carbocycles. The van der Waals surface area contributed by atoms with E-state index in [1.54, 1.807) is 37.4 Å². The average molecular weight is 352 g/mol.